The molecule has 0 amide bonds. The van der Waals surface area contributed by atoms with E-state index in [1.54, 1.807) is 0 Å². The molecule has 3 rings (SSSR count). The van der Waals surface area contributed by atoms with Gasteiger partial charge in [-0.3, -0.25) is 14.4 Å². The van der Waals surface area contributed by atoms with Gasteiger partial charge in [0.1, 0.15) is 16.7 Å². The third-order valence-corrected chi connectivity index (χ3v) is 3.56. The van der Waals surface area contributed by atoms with Crippen LogP contribution in [0.15, 0.2) is 16.2 Å². The number of rotatable bonds is 2. The second-order valence-corrected chi connectivity index (χ2v) is 4.90. The Labute approximate surface area is 128 Å². The Kier molecular flexibility index (Phi) is 2.93. The molecule has 23 heavy (non-hydrogen) atoms. The SMILES string of the molecule is COC1=C(O)c2cc3oc(C(C)=O)c(O)c3c(O)c2C(=O)C1=O. The van der Waals surface area contributed by atoms with Gasteiger partial charge >= 0.3 is 0 Å². The first-order valence-electron chi connectivity index (χ1n) is 6.38. The molecule has 0 atom stereocenters. The van der Waals surface area contributed by atoms with Crippen molar-refractivity contribution in [2.24, 2.45) is 0 Å². The summed E-state index contributed by atoms with van der Waals surface area (Å²) in [6.07, 6.45) is 0. The zero-order valence-corrected chi connectivity index (χ0v) is 12.0. The molecule has 8 nitrogen and oxygen atoms in total. The normalized spacial score (nSPS) is 14.3. The molecule has 118 valence electrons. The minimum absolute atomic E-state index is 0.131. The van der Waals surface area contributed by atoms with E-state index < -0.39 is 51.7 Å². The number of aliphatic hydroxyl groups is 1. The van der Waals surface area contributed by atoms with Gasteiger partial charge in [-0.2, -0.15) is 0 Å². The maximum atomic E-state index is 12.1. The molecule has 1 aliphatic carbocycles. The lowest BCUT2D eigenvalue weighted by molar-refractivity contribution is -0.114. The highest BCUT2D eigenvalue weighted by atomic mass is 16.5. The van der Waals surface area contributed by atoms with Crippen LogP contribution < -0.4 is 0 Å². The van der Waals surface area contributed by atoms with E-state index in [2.05, 4.69) is 0 Å². The van der Waals surface area contributed by atoms with Gasteiger partial charge in [0.25, 0.3) is 5.78 Å². The summed E-state index contributed by atoms with van der Waals surface area (Å²) in [6, 6.07) is 1.13. The summed E-state index contributed by atoms with van der Waals surface area (Å²) < 4.78 is 9.86. The number of phenols is 1. The number of phenolic OH excluding ortho intramolecular Hbond substituents is 1. The summed E-state index contributed by atoms with van der Waals surface area (Å²) in [5.74, 6) is -5.88. The lowest BCUT2D eigenvalue weighted by Crippen LogP contribution is -2.25. The number of Topliss-reactive ketones (excluding diaryl/α,β-unsaturated/α-hetero) is 3. The number of allylic oxidation sites excluding steroid dienone is 1. The van der Waals surface area contributed by atoms with E-state index in [1.165, 1.54) is 0 Å². The number of aromatic hydroxyl groups is 2. The van der Waals surface area contributed by atoms with Crippen LogP contribution in [0.5, 0.6) is 11.5 Å². The smallest absolute Gasteiger partial charge is 0.272 e. The highest BCUT2D eigenvalue weighted by Crippen LogP contribution is 2.44. The maximum Gasteiger partial charge on any atom is 0.272 e. The summed E-state index contributed by atoms with van der Waals surface area (Å²) in [4.78, 5) is 35.4. The van der Waals surface area contributed by atoms with Crippen LogP contribution in [0.1, 0.15) is 33.4 Å². The molecule has 1 aromatic heterocycles. The molecule has 1 heterocycles. The van der Waals surface area contributed by atoms with Gasteiger partial charge in [-0.1, -0.05) is 0 Å². The second-order valence-electron chi connectivity index (χ2n) is 4.90. The number of furan rings is 1. The molecule has 0 aliphatic heterocycles. The Bertz CT molecular complexity index is 944. The molecule has 0 spiro atoms. The van der Waals surface area contributed by atoms with Crippen molar-refractivity contribution in [1.29, 1.82) is 0 Å². The van der Waals surface area contributed by atoms with Crippen LogP contribution in [0.4, 0.5) is 0 Å². The first kappa shape index (κ1) is 14.6. The number of ether oxygens (including phenoxy) is 1. The average molecular weight is 318 g/mol. The van der Waals surface area contributed by atoms with Crippen molar-refractivity contribution in [3.05, 3.63) is 28.7 Å². The molecule has 0 saturated heterocycles. The molecule has 3 N–H and O–H groups in total. The number of aliphatic hydroxyl groups excluding tert-OH is 1. The van der Waals surface area contributed by atoms with Gasteiger partial charge in [-0.25, -0.2) is 0 Å². The quantitative estimate of drug-likeness (QED) is 0.562. The zero-order valence-electron chi connectivity index (χ0n) is 12.0. The molecule has 0 fully saturated rings. The Morgan fingerprint density at radius 1 is 1.13 bits per heavy atom. The van der Waals surface area contributed by atoms with E-state index in [0.29, 0.717) is 0 Å². The molecule has 2 aromatic rings. The lowest BCUT2D eigenvalue weighted by Gasteiger charge is -2.17. The van der Waals surface area contributed by atoms with Crippen molar-refractivity contribution in [1.82, 2.24) is 0 Å². The van der Waals surface area contributed by atoms with Gasteiger partial charge in [0.05, 0.1) is 12.7 Å². The highest BCUT2D eigenvalue weighted by molar-refractivity contribution is 6.52. The van der Waals surface area contributed by atoms with Gasteiger partial charge in [-0.15, -0.1) is 0 Å². The van der Waals surface area contributed by atoms with Crippen LogP contribution in [0.25, 0.3) is 16.7 Å². The predicted molar refractivity (Wildman–Crippen MR) is 75.4 cm³/mol. The standard InChI is InChI=1S/C15H10O8/c1-4(16)14-12(20)8-6(23-14)3-5-7(10(8)18)11(19)13(21)15(22-2)9(5)17/h3,17-18,20H,1-2H3. The topological polar surface area (TPSA) is 134 Å². The Balaban J connectivity index is 2.47. The number of carbonyl (C=O) groups is 3. The van der Waals surface area contributed by atoms with E-state index in [0.717, 1.165) is 20.1 Å². The fraction of sp³-hybridized carbons (Fsp3) is 0.133. The lowest BCUT2D eigenvalue weighted by atomic mass is 9.90. The molecule has 0 saturated carbocycles. The minimum Gasteiger partial charge on any atom is -0.506 e. The van der Waals surface area contributed by atoms with Crippen LogP contribution in [-0.2, 0) is 9.53 Å². The number of methoxy groups -OCH3 is 1. The van der Waals surface area contributed by atoms with Gasteiger partial charge in [0.2, 0.25) is 17.3 Å². The average Bonchev–Trinajstić information content (AvgIpc) is 2.83. The highest BCUT2D eigenvalue weighted by Gasteiger charge is 2.38. The fourth-order valence-electron chi connectivity index (χ4n) is 2.52. The molecule has 8 heteroatoms. The maximum absolute atomic E-state index is 12.1. The largest absolute Gasteiger partial charge is 0.506 e. The van der Waals surface area contributed by atoms with E-state index in [-0.39, 0.29) is 16.5 Å². The number of hydrogen-bond donors (Lipinski definition) is 3. The minimum atomic E-state index is -1.14. The van der Waals surface area contributed by atoms with Gasteiger partial charge in [0, 0.05) is 12.5 Å². The zero-order chi connectivity index (χ0) is 17.0. The monoisotopic (exact) mass is 318 g/mol. The van der Waals surface area contributed by atoms with Crippen LogP contribution in [-0.4, -0.2) is 39.8 Å². The third kappa shape index (κ3) is 1.75. The van der Waals surface area contributed by atoms with Crippen molar-refractivity contribution in [2.75, 3.05) is 7.11 Å². The van der Waals surface area contributed by atoms with Crippen LogP contribution in [0.2, 0.25) is 0 Å². The number of hydrogen-bond acceptors (Lipinski definition) is 8. The van der Waals surface area contributed by atoms with Crippen LogP contribution >= 0.6 is 0 Å². The fourth-order valence-corrected chi connectivity index (χ4v) is 2.52. The van der Waals surface area contributed by atoms with E-state index >= 15 is 0 Å². The van der Waals surface area contributed by atoms with Crippen LogP contribution in [0.3, 0.4) is 0 Å². The van der Waals surface area contributed by atoms with Crippen LogP contribution in [0, 0.1) is 0 Å². The number of carbonyl (C=O) groups excluding carboxylic acids is 3. The van der Waals surface area contributed by atoms with Gasteiger partial charge < -0.3 is 24.5 Å². The van der Waals surface area contributed by atoms with Crippen molar-refractivity contribution in [3.63, 3.8) is 0 Å². The Morgan fingerprint density at radius 2 is 1.78 bits per heavy atom. The van der Waals surface area contributed by atoms with E-state index in [4.69, 9.17) is 9.15 Å². The number of benzene rings is 1. The van der Waals surface area contributed by atoms with Gasteiger partial charge in [0.15, 0.2) is 17.3 Å². The summed E-state index contributed by atoms with van der Waals surface area (Å²) >= 11 is 0. The molecule has 1 aromatic carbocycles. The first-order valence-corrected chi connectivity index (χ1v) is 6.38. The predicted octanol–water partition coefficient (Wildman–Crippen LogP) is 1.69. The third-order valence-electron chi connectivity index (χ3n) is 3.56. The molecule has 0 bridgehead atoms. The van der Waals surface area contributed by atoms with Crippen molar-refractivity contribution in [2.45, 2.75) is 6.92 Å². The number of fused-ring (bicyclic) bond motifs is 2. The summed E-state index contributed by atoms with van der Waals surface area (Å²) in [5, 5.41) is 30.0. The number of ketones is 3. The Hall–Kier alpha value is -3.29. The molecule has 0 unspecified atom stereocenters. The first-order chi connectivity index (χ1) is 10.8. The summed E-state index contributed by atoms with van der Waals surface area (Å²) in [5.41, 5.74) is -0.819. The molecule has 0 radical (unpaired) electrons. The molecular formula is C15H10O8. The van der Waals surface area contributed by atoms with Crippen molar-refractivity contribution >= 4 is 34.1 Å². The summed E-state index contributed by atoms with van der Waals surface area (Å²) in [7, 11) is 1.10. The van der Waals surface area contributed by atoms with Gasteiger partial charge in [-0.05, 0) is 6.07 Å². The van der Waals surface area contributed by atoms with E-state index in [9.17, 15) is 29.7 Å². The Morgan fingerprint density at radius 3 is 2.35 bits per heavy atom. The second kappa shape index (κ2) is 4.60. The van der Waals surface area contributed by atoms with E-state index in [1.807, 2.05) is 0 Å². The molecule has 1 aliphatic rings. The van der Waals surface area contributed by atoms with Crippen molar-refractivity contribution < 1.29 is 38.9 Å². The molecular weight excluding hydrogens is 308 g/mol. The van der Waals surface area contributed by atoms with Crippen molar-refractivity contribution in [3.8, 4) is 11.5 Å². The summed E-state index contributed by atoms with van der Waals surface area (Å²) in [6.45, 7) is 1.14.